The molecule has 0 aliphatic carbocycles. The predicted octanol–water partition coefficient (Wildman–Crippen LogP) is 2.68. The van der Waals surface area contributed by atoms with Crippen molar-refractivity contribution in [1.29, 1.82) is 0 Å². The molecule has 4 rings (SSSR count). The Balaban J connectivity index is 1.58. The molecule has 7 heteroatoms. The van der Waals surface area contributed by atoms with Crippen molar-refractivity contribution in [2.45, 2.75) is 0 Å². The molecular weight excluding hydrogens is 330 g/mol. The molecule has 0 bridgehead atoms. The van der Waals surface area contributed by atoms with Crippen LogP contribution >= 0.6 is 0 Å². The molecule has 2 aromatic carbocycles. The van der Waals surface area contributed by atoms with E-state index in [-0.39, 0.29) is 6.03 Å². The molecule has 3 aromatic rings. The smallest absolute Gasteiger partial charge is 0.323 e. The monoisotopic (exact) mass is 351 g/mol. The lowest BCUT2D eigenvalue weighted by Gasteiger charge is -2.27. The van der Waals surface area contributed by atoms with Crippen LogP contribution in [0.3, 0.4) is 0 Å². The number of anilines is 1. The second kappa shape index (κ2) is 7.05. The summed E-state index contributed by atoms with van der Waals surface area (Å²) >= 11 is 0. The Morgan fingerprint density at radius 3 is 2.77 bits per heavy atom. The molecule has 7 nitrogen and oxygen atoms in total. The molecule has 1 saturated heterocycles. The molecule has 0 atom stereocenters. The van der Waals surface area contributed by atoms with E-state index in [4.69, 9.17) is 4.74 Å². The number of carbonyl (C=O) groups is 1. The maximum atomic E-state index is 12.4. The molecule has 2 heterocycles. The van der Waals surface area contributed by atoms with Gasteiger partial charge in [0.15, 0.2) is 5.82 Å². The highest BCUT2D eigenvalue weighted by Crippen LogP contribution is 2.29. The van der Waals surface area contributed by atoms with E-state index in [1.807, 2.05) is 42.5 Å². The van der Waals surface area contributed by atoms with Crippen molar-refractivity contribution in [2.75, 3.05) is 38.6 Å². The number of ether oxygens (including phenoxy) is 1. The number of H-pyrrole nitrogens is 1. The zero-order valence-electron chi connectivity index (χ0n) is 14.6. The molecular formula is C19H21N5O2. The van der Waals surface area contributed by atoms with Gasteiger partial charge in [0.1, 0.15) is 5.75 Å². The second-order valence-corrected chi connectivity index (χ2v) is 6.23. The van der Waals surface area contributed by atoms with Crippen molar-refractivity contribution in [1.82, 2.24) is 20.4 Å². The van der Waals surface area contributed by atoms with Crippen LogP contribution in [0.15, 0.2) is 42.5 Å². The van der Waals surface area contributed by atoms with Crippen LogP contribution in [0.1, 0.15) is 0 Å². The average molecular weight is 351 g/mol. The molecule has 1 aliphatic heterocycles. The Kier molecular flexibility index (Phi) is 4.45. The van der Waals surface area contributed by atoms with Crippen molar-refractivity contribution in [2.24, 2.45) is 0 Å². The molecule has 1 aliphatic rings. The summed E-state index contributed by atoms with van der Waals surface area (Å²) in [6.45, 7) is 3.04. The van der Waals surface area contributed by atoms with E-state index in [2.05, 4.69) is 20.8 Å². The van der Waals surface area contributed by atoms with Crippen molar-refractivity contribution in [3.8, 4) is 16.9 Å². The van der Waals surface area contributed by atoms with Gasteiger partial charge in [0, 0.05) is 31.6 Å². The summed E-state index contributed by atoms with van der Waals surface area (Å²) in [5.41, 5.74) is 2.99. The van der Waals surface area contributed by atoms with Crippen LogP contribution in [0.25, 0.3) is 22.0 Å². The first kappa shape index (κ1) is 16.4. The zero-order chi connectivity index (χ0) is 17.9. The molecule has 2 amide bonds. The van der Waals surface area contributed by atoms with Gasteiger partial charge in [-0.1, -0.05) is 18.2 Å². The fourth-order valence-corrected chi connectivity index (χ4v) is 3.15. The molecule has 134 valence electrons. The summed E-state index contributed by atoms with van der Waals surface area (Å²) in [5.74, 6) is 1.37. The lowest BCUT2D eigenvalue weighted by molar-refractivity contribution is 0.204. The zero-order valence-corrected chi connectivity index (χ0v) is 14.6. The molecule has 0 radical (unpaired) electrons. The minimum Gasteiger partial charge on any atom is -0.497 e. The number of benzene rings is 2. The standard InChI is InChI=1S/C19H21N5O2/c1-26-15-4-2-3-13(11-15)14-5-6-16-17(12-14)22-23-18(16)21-19(25)24-9-7-20-8-10-24/h2-6,11-12,20H,7-10H2,1H3,(H2,21,22,23,25). The highest BCUT2D eigenvalue weighted by molar-refractivity contribution is 6.00. The van der Waals surface area contributed by atoms with Gasteiger partial charge in [0.25, 0.3) is 0 Å². The minimum absolute atomic E-state index is 0.114. The third-order valence-electron chi connectivity index (χ3n) is 4.60. The molecule has 1 aromatic heterocycles. The number of carbonyl (C=O) groups excluding carboxylic acids is 1. The molecule has 26 heavy (non-hydrogen) atoms. The number of hydrogen-bond acceptors (Lipinski definition) is 4. The van der Waals surface area contributed by atoms with Crippen molar-refractivity contribution >= 4 is 22.8 Å². The van der Waals surface area contributed by atoms with Gasteiger partial charge in [-0.2, -0.15) is 5.10 Å². The number of methoxy groups -OCH3 is 1. The summed E-state index contributed by atoms with van der Waals surface area (Å²) < 4.78 is 5.29. The first-order valence-electron chi connectivity index (χ1n) is 8.64. The molecule has 3 N–H and O–H groups in total. The first-order valence-corrected chi connectivity index (χ1v) is 8.64. The average Bonchev–Trinajstić information content (AvgIpc) is 3.10. The third-order valence-corrected chi connectivity index (χ3v) is 4.60. The number of amides is 2. The highest BCUT2D eigenvalue weighted by Gasteiger charge is 2.18. The Morgan fingerprint density at radius 1 is 1.15 bits per heavy atom. The number of nitrogens with one attached hydrogen (secondary N) is 3. The van der Waals surface area contributed by atoms with Gasteiger partial charge in [-0.15, -0.1) is 0 Å². The SMILES string of the molecule is COc1cccc(-c2ccc3c(NC(=O)N4CCNCC4)n[nH]c3c2)c1. The number of urea groups is 1. The summed E-state index contributed by atoms with van der Waals surface area (Å²) in [5, 5.41) is 14.3. The molecule has 0 unspecified atom stereocenters. The molecule has 1 fully saturated rings. The van der Waals surface area contributed by atoms with Crippen LogP contribution in [0.5, 0.6) is 5.75 Å². The van der Waals surface area contributed by atoms with E-state index < -0.39 is 0 Å². The van der Waals surface area contributed by atoms with Crippen LogP contribution < -0.4 is 15.4 Å². The van der Waals surface area contributed by atoms with Crippen LogP contribution in [-0.4, -0.2) is 54.4 Å². The Hall–Kier alpha value is -3.06. The van der Waals surface area contributed by atoms with Crippen molar-refractivity contribution in [3.05, 3.63) is 42.5 Å². The quantitative estimate of drug-likeness (QED) is 0.678. The van der Waals surface area contributed by atoms with E-state index in [0.29, 0.717) is 18.9 Å². The summed E-state index contributed by atoms with van der Waals surface area (Å²) in [6, 6.07) is 13.8. The van der Waals surface area contributed by atoms with Gasteiger partial charge < -0.3 is 15.0 Å². The second-order valence-electron chi connectivity index (χ2n) is 6.23. The van der Waals surface area contributed by atoms with Gasteiger partial charge in [-0.3, -0.25) is 10.4 Å². The topological polar surface area (TPSA) is 82.3 Å². The number of fused-ring (bicyclic) bond motifs is 1. The van der Waals surface area contributed by atoms with Crippen molar-refractivity contribution < 1.29 is 9.53 Å². The molecule has 0 spiro atoms. The maximum Gasteiger partial charge on any atom is 0.323 e. The van der Waals surface area contributed by atoms with Crippen LogP contribution in [0.4, 0.5) is 10.6 Å². The summed E-state index contributed by atoms with van der Waals surface area (Å²) in [4.78, 5) is 14.2. The Bertz CT molecular complexity index is 931. The van der Waals surface area contributed by atoms with Crippen LogP contribution in [-0.2, 0) is 0 Å². The number of aromatic amines is 1. The summed E-state index contributed by atoms with van der Waals surface area (Å²) in [6.07, 6.45) is 0. The minimum atomic E-state index is -0.114. The van der Waals surface area contributed by atoms with E-state index in [1.165, 1.54) is 0 Å². The fourth-order valence-electron chi connectivity index (χ4n) is 3.15. The fraction of sp³-hybridized carbons (Fsp3) is 0.263. The number of piperazine rings is 1. The molecule has 0 saturated carbocycles. The maximum absolute atomic E-state index is 12.4. The highest BCUT2D eigenvalue weighted by atomic mass is 16.5. The largest absolute Gasteiger partial charge is 0.497 e. The van der Waals surface area contributed by atoms with Crippen molar-refractivity contribution in [3.63, 3.8) is 0 Å². The van der Waals surface area contributed by atoms with E-state index in [0.717, 1.165) is 40.9 Å². The third kappa shape index (κ3) is 3.21. The van der Waals surface area contributed by atoms with E-state index >= 15 is 0 Å². The summed E-state index contributed by atoms with van der Waals surface area (Å²) in [7, 11) is 1.66. The van der Waals surface area contributed by atoms with Gasteiger partial charge in [0.2, 0.25) is 0 Å². The first-order chi connectivity index (χ1) is 12.7. The van der Waals surface area contributed by atoms with Gasteiger partial charge in [-0.05, 0) is 35.4 Å². The Morgan fingerprint density at radius 2 is 1.96 bits per heavy atom. The van der Waals surface area contributed by atoms with E-state index in [1.54, 1.807) is 12.0 Å². The predicted molar refractivity (Wildman–Crippen MR) is 102 cm³/mol. The Labute approximate surface area is 151 Å². The number of hydrogen-bond donors (Lipinski definition) is 3. The lowest BCUT2D eigenvalue weighted by atomic mass is 10.0. The van der Waals surface area contributed by atoms with Gasteiger partial charge >= 0.3 is 6.03 Å². The lowest BCUT2D eigenvalue weighted by Crippen LogP contribution is -2.48. The van der Waals surface area contributed by atoms with Crippen LogP contribution in [0.2, 0.25) is 0 Å². The number of rotatable bonds is 3. The van der Waals surface area contributed by atoms with Gasteiger partial charge in [-0.25, -0.2) is 4.79 Å². The number of aromatic nitrogens is 2. The van der Waals surface area contributed by atoms with E-state index in [9.17, 15) is 4.79 Å². The normalized spacial score (nSPS) is 14.4. The van der Waals surface area contributed by atoms with Crippen LogP contribution in [0, 0.1) is 0 Å². The van der Waals surface area contributed by atoms with Gasteiger partial charge in [0.05, 0.1) is 12.6 Å². The number of nitrogens with zero attached hydrogens (tertiary/aromatic N) is 2.